The zero-order valence-corrected chi connectivity index (χ0v) is 13.8. The molecule has 0 heterocycles. The number of fused-ring (bicyclic) bond motifs is 2. The molecule has 0 amide bonds. The third-order valence-corrected chi connectivity index (χ3v) is 6.97. The lowest BCUT2D eigenvalue weighted by Gasteiger charge is -2.29. The zero-order valence-electron chi connectivity index (χ0n) is 13.0. The fraction of sp³-hybridized carbons (Fsp3) is 1.00. The largest absolute Gasteiger partial charge is 0.320 e. The second-order valence-corrected chi connectivity index (χ2v) is 8.64. The van der Waals surface area contributed by atoms with Gasteiger partial charge in [-0.05, 0) is 57.0 Å². The minimum absolute atomic E-state index is 0.574. The van der Waals surface area contributed by atoms with Gasteiger partial charge >= 0.3 is 0 Å². The van der Waals surface area contributed by atoms with Crippen molar-refractivity contribution >= 4 is 10.2 Å². The zero-order chi connectivity index (χ0) is 14.8. The van der Waals surface area contributed by atoms with Crippen molar-refractivity contribution < 1.29 is 8.42 Å². The van der Waals surface area contributed by atoms with E-state index < -0.39 is 10.2 Å². The van der Waals surface area contributed by atoms with Crippen molar-refractivity contribution in [3.8, 4) is 0 Å². The highest BCUT2D eigenvalue weighted by Crippen LogP contribution is 2.48. The average Bonchev–Trinajstić information content (AvgIpc) is 3.01. The predicted molar refractivity (Wildman–Crippen MR) is 81.7 cm³/mol. The number of hydrogen-bond donors (Lipinski definition) is 1. The molecule has 0 aromatic heterocycles. The maximum Gasteiger partial charge on any atom is 0.281 e. The first-order chi connectivity index (χ1) is 9.45. The van der Waals surface area contributed by atoms with Crippen LogP contribution >= 0.6 is 0 Å². The van der Waals surface area contributed by atoms with E-state index in [1.165, 1.54) is 30.0 Å². The Labute approximate surface area is 123 Å². The van der Waals surface area contributed by atoms with Crippen molar-refractivity contribution in [2.45, 2.75) is 32.1 Å². The summed E-state index contributed by atoms with van der Waals surface area (Å²) in [5.41, 5.74) is 0. The molecule has 3 atom stereocenters. The van der Waals surface area contributed by atoms with Gasteiger partial charge in [-0.3, -0.25) is 0 Å². The lowest BCUT2D eigenvalue weighted by Crippen LogP contribution is -2.43. The summed E-state index contributed by atoms with van der Waals surface area (Å²) >= 11 is 0. The Morgan fingerprint density at radius 1 is 1.15 bits per heavy atom. The van der Waals surface area contributed by atoms with Gasteiger partial charge in [0, 0.05) is 27.2 Å². The van der Waals surface area contributed by atoms with Gasteiger partial charge in [0.1, 0.15) is 0 Å². The molecule has 2 aliphatic rings. The van der Waals surface area contributed by atoms with E-state index in [1.54, 1.807) is 18.4 Å². The van der Waals surface area contributed by atoms with Crippen LogP contribution in [0.4, 0.5) is 0 Å². The highest BCUT2D eigenvalue weighted by molar-refractivity contribution is 7.86. The second kappa shape index (κ2) is 6.73. The van der Waals surface area contributed by atoms with Crippen molar-refractivity contribution in [2.24, 2.45) is 17.8 Å². The Morgan fingerprint density at radius 3 is 2.45 bits per heavy atom. The van der Waals surface area contributed by atoms with Crippen molar-refractivity contribution in [1.29, 1.82) is 0 Å². The van der Waals surface area contributed by atoms with Crippen LogP contribution in [0.2, 0.25) is 0 Å². The molecule has 0 aromatic rings. The standard InChI is InChI=1S/C14H29N3O2S/c1-15-7-4-8-16(2)20(18,19)17(3)11-14-10-12-5-6-13(14)9-12/h12-15H,4-11H2,1-3H3. The average molecular weight is 303 g/mol. The monoisotopic (exact) mass is 303 g/mol. The molecule has 2 aliphatic carbocycles. The molecule has 0 spiro atoms. The van der Waals surface area contributed by atoms with Crippen LogP contribution in [-0.2, 0) is 10.2 Å². The van der Waals surface area contributed by atoms with Gasteiger partial charge in [-0.15, -0.1) is 0 Å². The highest BCUT2D eigenvalue weighted by atomic mass is 32.2. The highest BCUT2D eigenvalue weighted by Gasteiger charge is 2.41. The Bertz CT molecular complexity index is 413. The molecular formula is C14H29N3O2S. The van der Waals surface area contributed by atoms with Crippen molar-refractivity contribution in [1.82, 2.24) is 13.9 Å². The molecule has 118 valence electrons. The Hall–Kier alpha value is -0.170. The lowest BCUT2D eigenvalue weighted by atomic mass is 9.89. The van der Waals surface area contributed by atoms with Gasteiger partial charge in [0.15, 0.2) is 0 Å². The molecule has 2 bridgehead atoms. The summed E-state index contributed by atoms with van der Waals surface area (Å²) in [5, 5.41) is 3.05. The first-order valence-corrected chi connectivity index (χ1v) is 9.17. The van der Waals surface area contributed by atoms with Gasteiger partial charge in [-0.25, -0.2) is 0 Å². The Morgan fingerprint density at radius 2 is 1.90 bits per heavy atom. The topological polar surface area (TPSA) is 52.7 Å². The summed E-state index contributed by atoms with van der Waals surface area (Å²) in [7, 11) is 2.01. The third-order valence-electron chi connectivity index (χ3n) is 5.06. The molecule has 2 saturated carbocycles. The first kappa shape index (κ1) is 16.2. The number of rotatable bonds is 8. The Kier molecular flexibility index (Phi) is 5.45. The maximum atomic E-state index is 12.5. The van der Waals surface area contributed by atoms with Crippen molar-refractivity contribution in [3.05, 3.63) is 0 Å². The van der Waals surface area contributed by atoms with Crippen molar-refractivity contribution in [3.63, 3.8) is 0 Å². The third kappa shape index (κ3) is 3.53. The van der Waals surface area contributed by atoms with E-state index in [2.05, 4.69) is 5.32 Å². The fourth-order valence-corrected chi connectivity index (χ4v) is 5.07. The fourth-order valence-electron chi connectivity index (χ4n) is 3.86. The molecule has 6 heteroatoms. The predicted octanol–water partition coefficient (Wildman–Crippen LogP) is 1.14. The molecule has 0 aromatic carbocycles. The summed E-state index contributed by atoms with van der Waals surface area (Å²) in [5.74, 6) is 2.22. The first-order valence-electron chi connectivity index (χ1n) is 7.77. The van der Waals surface area contributed by atoms with Crippen molar-refractivity contribution in [2.75, 3.05) is 40.8 Å². The summed E-state index contributed by atoms with van der Waals surface area (Å²) in [6.45, 7) is 2.11. The number of nitrogens with one attached hydrogen (secondary N) is 1. The summed E-state index contributed by atoms with van der Waals surface area (Å²) in [6, 6.07) is 0. The second-order valence-electron chi connectivity index (χ2n) is 6.50. The van der Waals surface area contributed by atoms with E-state index >= 15 is 0 Å². The van der Waals surface area contributed by atoms with Crippen LogP contribution in [0, 0.1) is 17.8 Å². The molecular weight excluding hydrogens is 274 g/mol. The molecule has 0 aliphatic heterocycles. The molecule has 1 N–H and O–H groups in total. The summed E-state index contributed by atoms with van der Waals surface area (Å²) in [4.78, 5) is 0. The minimum Gasteiger partial charge on any atom is -0.320 e. The van der Waals surface area contributed by atoms with E-state index in [0.29, 0.717) is 19.0 Å². The van der Waals surface area contributed by atoms with E-state index in [0.717, 1.165) is 24.8 Å². The van der Waals surface area contributed by atoms with E-state index in [1.807, 2.05) is 7.05 Å². The van der Waals surface area contributed by atoms with Crippen LogP contribution in [-0.4, -0.2) is 57.8 Å². The molecule has 2 fully saturated rings. The normalized spacial score (nSPS) is 29.8. The van der Waals surface area contributed by atoms with Gasteiger partial charge < -0.3 is 5.32 Å². The summed E-state index contributed by atoms with van der Waals surface area (Å²) < 4.78 is 28.0. The van der Waals surface area contributed by atoms with Gasteiger partial charge in [-0.2, -0.15) is 17.0 Å². The van der Waals surface area contributed by atoms with Gasteiger partial charge in [0.2, 0.25) is 0 Å². The minimum atomic E-state index is -3.28. The molecule has 20 heavy (non-hydrogen) atoms. The van der Waals surface area contributed by atoms with Crippen LogP contribution < -0.4 is 5.32 Å². The number of hydrogen-bond acceptors (Lipinski definition) is 3. The van der Waals surface area contributed by atoms with Crippen LogP contribution in [0.1, 0.15) is 32.1 Å². The van der Waals surface area contributed by atoms with E-state index in [4.69, 9.17) is 0 Å². The quantitative estimate of drug-likeness (QED) is 0.684. The SMILES string of the molecule is CNCCCN(C)S(=O)(=O)N(C)CC1CC2CCC1C2. The van der Waals surface area contributed by atoms with Gasteiger partial charge in [0.05, 0.1) is 0 Å². The van der Waals surface area contributed by atoms with E-state index in [9.17, 15) is 8.42 Å². The van der Waals surface area contributed by atoms with Gasteiger partial charge in [0.25, 0.3) is 10.2 Å². The van der Waals surface area contributed by atoms with Crippen LogP contribution in [0.3, 0.4) is 0 Å². The molecule has 2 rings (SSSR count). The molecule has 0 saturated heterocycles. The maximum absolute atomic E-state index is 12.5. The smallest absolute Gasteiger partial charge is 0.281 e. The van der Waals surface area contributed by atoms with E-state index in [-0.39, 0.29) is 0 Å². The van der Waals surface area contributed by atoms with Gasteiger partial charge in [-0.1, -0.05) is 6.42 Å². The summed E-state index contributed by atoms with van der Waals surface area (Å²) in [6.07, 6.45) is 6.07. The number of nitrogens with zero attached hydrogens (tertiary/aromatic N) is 2. The Balaban J connectivity index is 1.85. The molecule has 3 unspecified atom stereocenters. The molecule has 0 radical (unpaired) electrons. The van der Waals surface area contributed by atoms with Crippen LogP contribution in [0.25, 0.3) is 0 Å². The van der Waals surface area contributed by atoms with Crippen LogP contribution in [0.5, 0.6) is 0 Å². The van der Waals surface area contributed by atoms with Crippen LogP contribution in [0.15, 0.2) is 0 Å². The lowest BCUT2D eigenvalue weighted by molar-refractivity contribution is 0.270. The molecule has 5 nitrogen and oxygen atoms in total.